The van der Waals surface area contributed by atoms with Crippen molar-refractivity contribution in [2.24, 2.45) is 0 Å². The molecule has 0 fully saturated rings. The first-order chi connectivity index (χ1) is 11.5. The first-order valence-corrected chi connectivity index (χ1v) is 8.00. The molecular weight excluding hydrogens is 326 g/mol. The molecule has 0 saturated heterocycles. The number of carbonyl (C=O) groups excluding carboxylic acids is 1. The second-order valence-corrected chi connectivity index (χ2v) is 6.33. The van der Waals surface area contributed by atoms with Crippen LogP contribution in [0, 0.1) is 0 Å². The summed E-state index contributed by atoms with van der Waals surface area (Å²) in [7, 11) is 3.89. The number of benzene rings is 2. The molecule has 24 heavy (non-hydrogen) atoms. The smallest absolute Gasteiger partial charge is 0.214 e. The van der Waals surface area contributed by atoms with E-state index < -0.39 is 0 Å². The molecule has 0 radical (unpaired) electrons. The van der Waals surface area contributed by atoms with Crippen molar-refractivity contribution in [2.75, 3.05) is 32.1 Å². The number of aromatic nitrogens is 1. The summed E-state index contributed by atoms with van der Waals surface area (Å²) in [5, 5.41) is 1.36. The number of para-hydroxylation sites is 1. The molecule has 2 aromatic carbocycles. The normalized spacial score (nSPS) is 11.3. The number of nitrogens with zero attached hydrogens (tertiary/aromatic N) is 2. The number of carbonyl (C=O) groups is 1. The van der Waals surface area contributed by atoms with Gasteiger partial charge in [0.05, 0.1) is 21.6 Å². The number of anilines is 1. The number of aromatic amines is 1. The SMILES string of the molecule is CN(C)CCN(C=O)c1ccc(Cl)c2c(=O)c3ccccc3[nH]c12. The Kier molecular flexibility index (Phi) is 4.55. The van der Waals surface area contributed by atoms with Crippen LogP contribution in [-0.2, 0) is 4.79 Å². The van der Waals surface area contributed by atoms with Crippen LogP contribution in [0.4, 0.5) is 5.69 Å². The second kappa shape index (κ2) is 6.63. The minimum atomic E-state index is -0.135. The summed E-state index contributed by atoms with van der Waals surface area (Å²) in [6.45, 7) is 1.22. The molecule has 0 unspecified atom stereocenters. The van der Waals surface area contributed by atoms with Crippen LogP contribution >= 0.6 is 11.6 Å². The highest BCUT2D eigenvalue weighted by Crippen LogP contribution is 2.30. The van der Waals surface area contributed by atoms with Gasteiger partial charge in [-0.25, -0.2) is 0 Å². The molecule has 0 spiro atoms. The Morgan fingerprint density at radius 1 is 1.12 bits per heavy atom. The predicted molar refractivity (Wildman–Crippen MR) is 99.0 cm³/mol. The molecule has 1 amide bonds. The Morgan fingerprint density at radius 3 is 2.58 bits per heavy atom. The number of H-pyrrole nitrogens is 1. The van der Waals surface area contributed by atoms with Gasteiger partial charge in [-0.2, -0.15) is 0 Å². The third kappa shape index (κ3) is 2.88. The van der Waals surface area contributed by atoms with Crippen LogP contribution < -0.4 is 10.3 Å². The van der Waals surface area contributed by atoms with Crippen LogP contribution in [0.3, 0.4) is 0 Å². The monoisotopic (exact) mass is 343 g/mol. The van der Waals surface area contributed by atoms with Gasteiger partial charge in [-0.3, -0.25) is 9.59 Å². The third-order valence-corrected chi connectivity index (χ3v) is 4.33. The van der Waals surface area contributed by atoms with Crippen LogP contribution in [0.25, 0.3) is 21.8 Å². The molecule has 0 atom stereocenters. The van der Waals surface area contributed by atoms with Crippen molar-refractivity contribution in [1.82, 2.24) is 9.88 Å². The zero-order chi connectivity index (χ0) is 17.3. The molecule has 0 aliphatic rings. The van der Waals surface area contributed by atoms with Gasteiger partial charge in [0.2, 0.25) is 6.41 Å². The highest BCUT2D eigenvalue weighted by atomic mass is 35.5. The third-order valence-electron chi connectivity index (χ3n) is 4.02. The number of halogens is 1. The number of hydrogen-bond donors (Lipinski definition) is 1. The first-order valence-electron chi connectivity index (χ1n) is 7.63. The average molecular weight is 344 g/mol. The molecule has 0 aliphatic carbocycles. The van der Waals surface area contributed by atoms with Gasteiger partial charge < -0.3 is 14.8 Å². The Morgan fingerprint density at radius 2 is 1.88 bits per heavy atom. The molecule has 1 aromatic heterocycles. The summed E-state index contributed by atoms with van der Waals surface area (Å²) in [5.74, 6) is 0. The van der Waals surface area contributed by atoms with Crippen LogP contribution in [0.5, 0.6) is 0 Å². The molecule has 0 aliphatic heterocycles. The summed E-state index contributed by atoms with van der Waals surface area (Å²) >= 11 is 6.27. The first kappa shape index (κ1) is 16.5. The maximum atomic E-state index is 12.8. The number of amides is 1. The maximum absolute atomic E-state index is 12.8. The van der Waals surface area contributed by atoms with Crippen LogP contribution in [-0.4, -0.2) is 43.5 Å². The number of nitrogens with one attached hydrogen (secondary N) is 1. The van der Waals surface area contributed by atoms with E-state index in [9.17, 15) is 9.59 Å². The van der Waals surface area contributed by atoms with Gasteiger partial charge >= 0.3 is 0 Å². The van der Waals surface area contributed by atoms with Gasteiger partial charge in [0, 0.05) is 24.0 Å². The fraction of sp³-hybridized carbons (Fsp3) is 0.222. The highest BCUT2D eigenvalue weighted by Gasteiger charge is 2.16. The number of rotatable bonds is 5. The summed E-state index contributed by atoms with van der Waals surface area (Å²) in [5.41, 5.74) is 1.81. The highest BCUT2D eigenvalue weighted by molar-refractivity contribution is 6.36. The number of hydrogen-bond acceptors (Lipinski definition) is 3. The van der Waals surface area contributed by atoms with Crippen LogP contribution in [0.15, 0.2) is 41.2 Å². The van der Waals surface area contributed by atoms with E-state index in [-0.39, 0.29) is 5.43 Å². The molecule has 1 heterocycles. The molecule has 0 bridgehead atoms. The van der Waals surface area contributed by atoms with E-state index in [0.717, 1.165) is 11.9 Å². The zero-order valence-corrected chi connectivity index (χ0v) is 14.3. The lowest BCUT2D eigenvalue weighted by Crippen LogP contribution is -2.31. The largest absolute Gasteiger partial charge is 0.353 e. The number of likely N-dealkylation sites (N-methyl/N-ethyl adjacent to an activating group) is 1. The molecular formula is C18H18ClN3O2. The predicted octanol–water partition coefficient (Wildman–Crippen LogP) is 2.86. The zero-order valence-electron chi connectivity index (χ0n) is 13.5. The standard InChI is InChI=1S/C18H18ClN3O2/c1-21(2)9-10-22(11-23)15-8-7-13(19)16-17(15)20-14-6-4-3-5-12(14)18(16)24/h3-8,11H,9-10H2,1-2H3,(H,20,24). The molecule has 3 rings (SSSR count). The second-order valence-electron chi connectivity index (χ2n) is 5.92. The van der Waals surface area contributed by atoms with E-state index in [1.54, 1.807) is 23.1 Å². The van der Waals surface area contributed by atoms with Crippen molar-refractivity contribution in [3.05, 3.63) is 51.6 Å². The van der Waals surface area contributed by atoms with Crippen molar-refractivity contribution in [3.63, 3.8) is 0 Å². The number of fused-ring (bicyclic) bond motifs is 2. The average Bonchev–Trinajstić information content (AvgIpc) is 2.57. The molecule has 3 aromatic rings. The van der Waals surface area contributed by atoms with Crippen molar-refractivity contribution in [1.29, 1.82) is 0 Å². The summed E-state index contributed by atoms with van der Waals surface area (Å²) in [6, 6.07) is 10.7. The quantitative estimate of drug-likeness (QED) is 0.572. The van der Waals surface area contributed by atoms with Crippen molar-refractivity contribution < 1.29 is 4.79 Å². The molecule has 6 heteroatoms. The number of pyridine rings is 1. The summed E-state index contributed by atoms with van der Waals surface area (Å²) < 4.78 is 0. The van der Waals surface area contributed by atoms with Crippen LogP contribution in [0.2, 0.25) is 5.02 Å². The Labute approximate surface area is 144 Å². The van der Waals surface area contributed by atoms with Gasteiger partial charge in [-0.1, -0.05) is 23.7 Å². The van der Waals surface area contributed by atoms with Crippen LogP contribution in [0.1, 0.15) is 0 Å². The van der Waals surface area contributed by atoms with Gasteiger partial charge in [0.15, 0.2) is 5.43 Å². The molecule has 124 valence electrons. The van der Waals surface area contributed by atoms with Gasteiger partial charge in [0.25, 0.3) is 0 Å². The summed E-state index contributed by atoms with van der Waals surface area (Å²) in [4.78, 5) is 31.2. The maximum Gasteiger partial charge on any atom is 0.214 e. The minimum absolute atomic E-state index is 0.135. The van der Waals surface area contributed by atoms with Gasteiger partial charge in [0.1, 0.15) is 0 Å². The van der Waals surface area contributed by atoms with E-state index in [2.05, 4.69) is 4.98 Å². The lowest BCUT2D eigenvalue weighted by Gasteiger charge is -2.21. The van der Waals surface area contributed by atoms with E-state index >= 15 is 0 Å². The summed E-state index contributed by atoms with van der Waals surface area (Å²) in [6.07, 6.45) is 0.777. The molecule has 0 saturated carbocycles. The lowest BCUT2D eigenvalue weighted by atomic mass is 10.1. The van der Waals surface area contributed by atoms with E-state index in [0.29, 0.717) is 40.1 Å². The van der Waals surface area contributed by atoms with Crippen molar-refractivity contribution >= 4 is 45.5 Å². The molecule has 5 nitrogen and oxygen atoms in total. The van der Waals surface area contributed by atoms with Crippen molar-refractivity contribution in [2.45, 2.75) is 0 Å². The van der Waals surface area contributed by atoms with E-state index in [4.69, 9.17) is 11.6 Å². The fourth-order valence-electron chi connectivity index (χ4n) is 2.75. The Balaban J connectivity index is 2.27. The van der Waals surface area contributed by atoms with Crippen molar-refractivity contribution in [3.8, 4) is 0 Å². The Bertz CT molecular complexity index is 966. The van der Waals surface area contributed by atoms with E-state index in [1.165, 1.54) is 0 Å². The minimum Gasteiger partial charge on any atom is -0.353 e. The lowest BCUT2D eigenvalue weighted by molar-refractivity contribution is -0.107. The van der Waals surface area contributed by atoms with Gasteiger partial charge in [-0.05, 0) is 38.4 Å². The fourth-order valence-corrected chi connectivity index (χ4v) is 2.99. The Hall–Kier alpha value is -2.37. The van der Waals surface area contributed by atoms with Gasteiger partial charge in [-0.15, -0.1) is 0 Å². The van der Waals surface area contributed by atoms with E-state index in [1.807, 2.05) is 37.2 Å². The molecule has 1 N–H and O–H groups in total. The topological polar surface area (TPSA) is 56.4 Å².